The van der Waals surface area contributed by atoms with Gasteiger partial charge in [-0.05, 0) is 17.7 Å². The van der Waals surface area contributed by atoms with Crippen molar-refractivity contribution < 1.29 is 19.0 Å². The van der Waals surface area contributed by atoms with E-state index in [0.29, 0.717) is 22.1 Å². The van der Waals surface area contributed by atoms with Crippen LogP contribution >= 0.6 is 11.6 Å². The number of hydrogen-bond donors (Lipinski definition) is 1. The van der Waals surface area contributed by atoms with Crippen molar-refractivity contribution in [1.82, 2.24) is 5.43 Å². The zero-order valence-electron chi connectivity index (χ0n) is 10.2. The molecule has 1 aromatic carbocycles. The summed E-state index contributed by atoms with van der Waals surface area (Å²) in [5, 5.41) is 4.07. The van der Waals surface area contributed by atoms with E-state index in [1.807, 2.05) is 0 Å². The average Bonchev–Trinajstić information content (AvgIpc) is 2.37. The summed E-state index contributed by atoms with van der Waals surface area (Å²) >= 11 is 6.00. The van der Waals surface area contributed by atoms with E-state index in [1.165, 1.54) is 27.5 Å². The Kier molecular flexibility index (Phi) is 5.26. The molecule has 0 unspecified atom stereocenters. The zero-order chi connectivity index (χ0) is 13.5. The number of nitrogens with zero attached hydrogens (tertiary/aromatic N) is 1. The summed E-state index contributed by atoms with van der Waals surface area (Å²) in [6, 6.07) is 3.30. The quantitative estimate of drug-likeness (QED) is 0.673. The predicted molar refractivity (Wildman–Crippen MR) is 67.7 cm³/mol. The van der Waals surface area contributed by atoms with Crippen LogP contribution in [-0.2, 0) is 4.74 Å². The molecule has 0 spiro atoms. The average molecular weight is 273 g/mol. The van der Waals surface area contributed by atoms with Gasteiger partial charge in [0.15, 0.2) is 11.5 Å². The molecule has 0 aliphatic rings. The summed E-state index contributed by atoms with van der Waals surface area (Å²) in [7, 11) is 4.25. The SMILES string of the molecule is COC(=O)N/N=C\c1cc(Cl)c(OC)c(OC)c1. The molecule has 1 amide bonds. The summed E-state index contributed by atoms with van der Waals surface area (Å²) in [5.74, 6) is 0.918. The Morgan fingerprint density at radius 1 is 1.33 bits per heavy atom. The number of hydrogen-bond acceptors (Lipinski definition) is 5. The van der Waals surface area contributed by atoms with E-state index in [0.717, 1.165) is 0 Å². The van der Waals surface area contributed by atoms with Crippen LogP contribution in [0.2, 0.25) is 5.02 Å². The van der Waals surface area contributed by atoms with Gasteiger partial charge in [-0.25, -0.2) is 10.2 Å². The number of amides is 1. The molecule has 0 radical (unpaired) electrons. The second-order valence-corrected chi connectivity index (χ2v) is 3.51. The molecule has 0 aliphatic carbocycles. The van der Waals surface area contributed by atoms with Crippen LogP contribution in [-0.4, -0.2) is 33.6 Å². The second kappa shape index (κ2) is 6.70. The number of benzene rings is 1. The Morgan fingerprint density at radius 2 is 2.06 bits per heavy atom. The van der Waals surface area contributed by atoms with Crippen molar-refractivity contribution >= 4 is 23.9 Å². The molecule has 0 aliphatic heterocycles. The van der Waals surface area contributed by atoms with E-state index >= 15 is 0 Å². The van der Waals surface area contributed by atoms with Gasteiger partial charge >= 0.3 is 6.09 Å². The molecule has 0 saturated heterocycles. The number of halogens is 1. The molecule has 0 fully saturated rings. The zero-order valence-corrected chi connectivity index (χ0v) is 10.9. The van der Waals surface area contributed by atoms with Crippen molar-refractivity contribution in [3.05, 3.63) is 22.7 Å². The molecule has 18 heavy (non-hydrogen) atoms. The van der Waals surface area contributed by atoms with Crippen LogP contribution in [0.3, 0.4) is 0 Å². The third kappa shape index (κ3) is 3.53. The molecular formula is C11H13ClN2O4. The Hall–Kier alpha value is -1.95. The summed E-state index contributed by atoms with van der Waals surface area (Å²) < 4.78 is 14.6. The van der Waals surface area contributed by atoms with Crippen molar-refractivity contribution in [3.8, 4) is 11.5 Å². The monoisotopic (exact) mass is 272 g/mol. The Balaban J connectivity index is 2.91. The number of methoxy groups -OCH3 is 3. The molecule has 98 valence electrons. The van der Waals surface area contributed by atoms with Gasteiger partial charge in [-0.1, -0.05) is 11.6 Å². The first-order valence-electron chi connectivity index (χ1n) is 4.91. The largest absolute Gasteiger partial charge is 0.493 e. The third-order valence-electron chi connectivity index (χ3n) is 2.01. The standard InChI is InChI=1S/C11H13ClN2O4/c1-16-9-5-7(4-8(12)10(9)17-2)6-13-14-11(15)18-3/h4-6H,1-3H3,(H,14,15)/b13-6-. The highest BCUT2D eigenvalue weighted by Crippen LogP contribution is 2.35. The lowest BCUT2D eigenvalue weighted by molar-refractivity contribution is 0.171. The first-order valence-corrected chi connectivity index (χ1v) is 5.28. The van der Waals surface area contributed by atoms with Gasteiger partial charge in [0.05, 0.1) is 32.6 Å². The van der Waals surface area contributed by atoms with E-state index in [2.05, 4.69) is 15.3 Å². The predicted octanol–water partition coefficient (Wildman–Crippen LogP) is 2.05. The number of carbonyl (C=O) groups excluding carboxylic acids is 1. The van der Waals surface area contributed by atoms with Crippen LogP contribution in [0.15, 0.2) is 17.2 Å². The molecule has 0 heterocycles. The Labute approximate surface area is 109 Å². The van der Waals surface area contributed by atoms with Crippen LogP contribution in [0.25, 0.3) is 0 Å². The van der Waals surface area contributed by atoms with Crippen LogP contribution in [0.4, 0.5) is 4.79 Å². The lowest BCUT2D eigenvalue weighted by Gasteiger charge is -2.09. The third-order valence-corrected chi connectivity index (χ3v) is 2.29. The number of ether oxygens (including phenoxy) is 3. The fourth-order valence-corrected chi connectivity index (χ4v) is 1.51. The van der Waals surface area contributed by atoms with Gasteiger partial charge in [0.1, 0.15) is 0 Å². The maximum Gasteiger partial charge on any atom is 0.427 e. The number of rotatable bonds is 4. The fraction of sp³-hybridized carbons (Fsp3) is 0.273. The summed E-state index contributed by atoms with van der Waals surface area (Å²) in [4.78, 5) is 10.8. The Morgan fingerprint density at radius 3 is 2.61 bits per heavy atom. The van der Waals surface area contributed by atoms with Crippen molar-refractivity contribution in [2.45, 2.75) is 0 Å². The van der Waals surface area contributed by atoms with Gasteiger partial charge in [0.2, 0.25) is 0 Å². The van der Waals surface area contributed by atoms with E-state index in [-0.39, 0.29) is 0 Å². The lowest BCUT2D eigenvalue weighted by Crippen LogP contribution is -2.16. The summed E-state index contributed by atoms with van der Waals surface area (Å²) in [6.45, 7) is 0. The van der Waals surface area contributed by atoms with Crippen molar-refractivity contribution in [2.24, 2.45) is 5.10 Å². The molecule has 0 bridgehead atoms. The highest BCUT2D eigenvalue weighted by molar-refractivity contribution is 6.32. The van der Waals surface area contributed by atoms with Gasteiger partial charge in [0.25, 0.3) is 0 Å². The minimum Gasteiger partial charge on any atom is -0.493 e. The smallest absolute Gasteiger partial charge is 0.427 e. The maximum absolute atomic E-state index is 10.8. The minimum absolute atomic E-state index is 0.386. The summed E-state index contributed by atoms with van der Waals surface area (Å²) in [5.41, 5.74) is 2.81. The Bertz CT molecular complexity index is 463. The van der Waals surface area contributed by atoms with Crippen molar-refractivity contribution in [2.75, 3.05) is 21.3 Å². The van der Waals surface area contributed by atoms with Gasteiger partial charge < -0.3 is 14.2 Å². The molecule has 1 aromatic rings. The molecule has 6 nitrogen and oxygen atoms in total. The first kappa shape index (κ1) is 14.1. The molecular weight excluding hydrogens is 260 g/mol. The summed E-state index contributed by atoms with van der Waals surface area (Å²) in [6.07, 6.45) is 0.753. The van der Waals surface area contributed by atoms with E-state index in [1.54, 1.807) is 12.1 Å². The molecule has 0 saturated carbocycles. The van der Waals surface area contributed by atoms with E-state index in [4.69, 9.17) is 21.1 Å². The van der Waals surface area contributed by atoms with Crippen molar-refractivity contribution in [3.63, 3.8) is 0 Å². The fourth-order valence-electron chi connectivity index (χ4n) is 1.22. The molecule has 7 heteroatoms. The highest BCUT2D eigenvalue weighted by Gasteiger charge is 2.09. The van der Waals surface area contributed by atoms with Crippen molar-refractivity contribution in [1.29, 1.82) is 0 Å². The van der Waals surface area contributed by atoms with Gasteiger partial charge in [-0.15, -0.1) is 0 Å². The van der Waals surface area contributed by atoms with Crippen LogP contribution < -0.4 is 14.9 Å². The number of hydrazone groups is 1. The molecule has 0 aromatic heterocycles. The van der Waals surface area contributed by atoms with E-state index in [9.17, 15) is 4.79 Å². The van der Waals surface area contributed by atoms with Gasteiger partial charge in [-0.3, -0.25) is 0 Å². The number of nitrogens with one attached hydrogen (secondary N) is 1. The van der Waals surface area contributed by atoms with E-state index < -0.39 is 6.09 Å². The lowest BCUT2D eigenvalue weighted by atomic mass is 10.2. The normalized spacial score (nSPS) is 10.2. The van der Waals surface area contributed by atoms with Crippen LogP contribution in [0.5, 0.6) is 11.5 Å². The van der Waals surface area contributed by atoms with Crippen LogP contribution in [0.1, 0.15) is 5.56 Å². The second-order valence-electron chi connectivity index (χ2n) is 3.10. The van der Waals surface area contributed by atoms with Gasteiger partial charge in [-0.2, -0.15) is 5.10 Å². The molecule has 1 rings (SSSR count). The first-order chi connectivity index (χ1) is 8.62. The number of carbonyl (C=O) groups is 1. The van der Waals surface area contributed by atoms with Crippen LogP contribution in [0, 0.1) is 0 Å². The van der Waals surface area contributed by atoms with Gasteiger partial charge in [0, 0.05) is 0 Å². The maximum atomic E-state index is 10.8. The molecule has 1 N–H and O–H groups in total. The topological polar surface area (TPSA) is 69.2 Å². The minimum atomic E-state index is -0.655. The molecule has 0 atom stereocenters. The highest BCUT2D eigenvalue weighted by atomic mass is 35.5.